The molecule has 0 saturated carbocycles. The van der Waals surface area contributed by atoms with Crippen LogP contribution in [0.4, 0.5) is 0 Å². The Balaban J connectivity index is 1.99. The minimum Gasteiger partial charge on any atom is -0.363 e. The lowest BCUT2D eigenvalue weighted by Gasteiger charge is -2.27. The zero-order valence-electron chi connectivity index (χ0n) is 7.99. The number of H-pyrrole nitrogens is 1. The predicted octanol–water partition coefficient (Wildman–Crippen LogP) is -0.144. The number of carbonyl (C=O) groups is 1. The topological polar surface area (TPSA) is 67.0 Å². The van der Waals surface area contributed by atoms with E-state index in [0.717, 1.165) is 5.69 Å². The van der Waals surface area contributed by atoms with Crippen molar-refractivity contribution < 1.29 is 9.53 Å². The summed E-state index contributed by atoms with van der Waals surface area (Å²) in [6, 6.07) is 0. The molecule has 1 saturated heterocycles. The lowest BCUT2D eigenvalue weighted by atomic mass is 10.1. The number of hydrogen-bond donors (Lipinski definition) is 2. The van der Waals surface area contributed by atoms with Crippen LogP contribution < -0.4 is 5.32 Å². The van der Waals surface area contributed by atoms with Crippen molar-refractivity contribution >= 4 is 5.91 Å². The van der Waals surface area contributed by atoms with Crippen LogP contribution in [-0.4, -0.2) is 34.6 Å². The van der Waals surface area contributed by atoms with Crippen LogP contribution in [0.15, 0.2) is 12.5 Å². The molecular formula is C9H13N3O2. The molecule has 2 atom stereocenters. The van der Waals surface area contributed by atoms with Crippen LogP contribution in [0.5, 0.6) is 0 Å². The maximum absolute atomic E-state index is 11.4. The average molecular weight is 195 g/mol. The highest BCUT2D eigenvalue weighted by molar-refractivity contribution is 5.81. The molecule has 5 nitrogen and oxygen atoms in total. The van der Waals surface area contributed by atoms with Crippen molar-refractivity contribution in [1.29, 1.82) is 0 Å². The summed E-state index contributed by atoms with van der Waals surface area (Å²) in [5.74, 6) is -0.0438. The Labute approximate surface area is 81.9 Å². The van der Waals surface area contributed by atoms with Crippen LogP contribution in [0.3, 0.4) is 0 Å². The van der Waals surface area contributed by atoms with E-state index in [1.165, 1.54) is 0 Å². The minimum absolute atomic E-state index is 0.0438. The molecule has 1 fully saturated rings. The zero-order valence-corrected chi connectivity index (χ0v) is 7.99. The summed E-state index contributed by atoms with van der Waals surface area (Å²) < 4.78 is 5.51. The van der Waals surface area contributed by atoms with E-state index in [2.05, 4.69) is 15.3 Å². The van der Waals surface area contributed by atoms with Crippen molar-refractivity contribution in [2.24, 2.45) is 0 Å². The van der Waals surface area contributed by atoms with E-state index < -0.39 is 0 Å². The number of nitrogens with zero attached hydrogens (tertiary/aromatic N) is 1. The Morgan fingerprint density at radius 3 is 3.29 bits per heavy atom. The number of morpholine rings is 1. The summed E-state index contributed by atoms with van der Waals surface area (Å²) in [7, 11) is 0. The maximum atomic E-state index is 11.4. The first kappa shape index (κ1) is 9.21. The van der Waals surface area contributed by atoms with E-state index in [0.29, 0.717) is 13.0 Å². The molecule has 1 aromatic heterocycles. The molecule has 0 spiro atoms. The smallest absolute Gasteiger partial charge is 0.249 e. The van der Waals surface area contributed by atoms with E-state index in [1.54, 1.807) is 12.5 Å². The average Bonchev–Trinajstić information content (AvgIpc) is 2.64. The van der Waals surface area contributed by atoms with Gasteiger partial charge < -0.3 is 15.0 Å². The first-order chi connectivity index (χ1) is 6.75. The van der Waals surface area contributed by atoms with Crippen LogP contribution in [0.1, 0.15) is 12.6 Å². The number of rotatable bonds is 2. The number of amides is 1. The maximum Gasteiger partial charge on any atom is 0.249 e. The van der Waals surface area contributed by atoms with Gasteiger partial charge in [-0.05, 0) is 6.92 Å². The standard InChI is InChI=1S/C9H13N3O2/c1-6-3-11-9(13)8(14-6)2-7-4-10-5-12-7/h4-6,8H,2-3H2,1H3,(H,10,12)(H,11,13)/t6?,8-/m0/s1. The van der Waals surface area contributed by atoms with E-state index in [4.69, 9.17) is 4.74 Å². The Bertz CT molecular complexity index is 310. The summed E-state index contributed by atoms with van der Waals surface area (Å²) in [4.78, 5) is 18.2. The number of imidazole rings is 1. The number of aromatic nitrogens is 2. The highest BCUT2D eigenvalue weighted by Gasteiger charge is 2.27. The summed E-state index contributed by atoms with van der Waals surface area (Å²) in [5.41, 5.74) is 0.916. The molecule has 2 N–H and O–H groups in total. The number of aromatic amines is 1. The van der Waals surface area contributed by atoms with Gasteiger partial charge in [0.05, 0.1) is 12.4 Å². The fourth-order valence-electron chi connectivity index (χ4n) is 1.49. The Morgan fingerprint density at radius 1 is 1.71 bits per heavy atom. The van der Waals surface area contributed by atoms with E-state index in [9.17, 15) is 4.79 Å². The lowest BCUT2D eigenvalue weighted by molar-refractivity contribution is -0.143. The predicted molar refractivity (Wildman–Crippen MR) is 49.6 cm³/mol. The van der Waals surface area contributed by atoms with Gasteiger partial charge in [-0.2, -0.15) is 0 Å². The quantitative estimate of drug-likeness (QED) is 0.690. The third kappa shape index (κ3) is 1.93. The third-order valence-corrected chi connectivity index (χ3v) is 2.21. The second kappa shape index (κ2) is 3.79. The lowest BCUT2D eigenvalue weighted by Crippen LogP contribution is -2.49. The van der Waals surface area contributed by atoms with Crippen molar-refractivity contribution in [2.75, 3.05) is 6.54 Å². The second-order valence-electron chi connectivity index (χ2n) is 3.46. The van der Waals surface area contributed by atoms with Gasteiger partial charge in [-0.1, -0.05) is 0 Å². The molecule has 1 amide bonds. The fourth-order valence-corrected chi connectivity index (χ4v) is 1.49. The van der Waals surface area contributed by atoms with Crippen molar-refractivity contribution in [3.05, 3.63) is 18.2 Å². The first-order valence-corrected chi connectivity index (χ1v) is 4.66. The Hall–Kier alpha value is -1.36. The van der Waals surface area contributed by atoms with Crippen molar-refractivity contribution in [1.82, 2.24) is 15.3 Å². The van der Waals surface area contributed by atoms with E-state index >= 15 is 0 Å². The third-order valence-electron chi connectivity index (χ3n) is 2.21. The first-order valence-electron chi connectivity index (χ1n) is 4.66. The molecule has 1 aliphatic heterocycles. The summed E-state index contributed by atoms with van der Waals surface area (Å²) in [6.07, 6.45) is 3.55. The molecule has 1 unspecified atom stereocenters. The normalized spacial score (nSPS) is 27.4. The zero-order chi connectivity index (χ0) is 9.97. The molecule has 1 aromatic rings. The van der Waals surface area contributed by atoms with Gasteiger partial charge in [-0.25, -0.2) is 4.98 Å². The largest absolute Gasteiger partial charge is 0.363 e. The molecule has 0 aliphatic carbocycles. The summed E-state index contributed by atoms with van der Waals surface area (Å²) >= 11 is 0. The van der Waals surface area contributed by atoms with E-state index in [-0.39, 0.29) is 18.1 Å². The van der Waals surface area contributed by atoms with Crippen molar-refractivity contribution in [3.8, 4) is 0 Å². The highest BCUT2D eigenvalue weighted by atomic mass is 16.5. The molecule has 0 bridgehead atoms. The van der Waals surface area contributed by atoms with Crippen LogP contribution >= 0.6 is 0 Å². The molecular weight excluding hydrogens is 182 g/mol. The molecule has 76 valence electrons. The number of hydrogen-bond acceptors (Lipinski definition) is 3. The van der Waals surface area contributed by atoms with Gasteiger partial charge in [0, 0.05) is 24.9 Å². The number of carbonyl (C=O) groups excluding carboxylic acids is 1. The fraction of sp³-hybridized carbons (Fsp3) is 0.556. The molecule has 0 aromatic carbocycles. The van der Waals surface area contributed by atoms with Gasteiger partial charge in [0.1, 0.15) is 6.10 Å². The molecule has 5 heteroatoms. The Kier molecular flexibility index (Phi) is 2.49. The molecule has 2 heterocycles. The monoisotopic (exact) mass is 195 g/mol. The molecule has 2 rings (SSSR count). The number of ether oxygens (including phenoxy) is 1. The Morgan fingerprint density at radius 2 is 2.57 bits per heavy atom. The van der Waals surface area contributed by atoms with Crippen LogP contribution in [-0.2, 0) is 16.0 Å². The molecule has 1 aliphatic rings. The van der Waals surface area contributed by atoms with Crippen LogP contribution in [0.25, 0.3) is 0 Å². The molecule has 0 radical (unpaired) electrons. The molecule has 14 heavy (non-hydrogen) atoms. The van der Waals surface area contributed by atoms with Crippen molar-refractivity contribution in [3.63, 3.8) is 0 Å². The van der Waals surface area contributed by atoms with Gasteiger partial charge in [0.25, 0.3) is 0 Å². The van der Waals surface area contributed by atoms with Gasteiger partial charge in [0.2, 0.25) is 5.91 Å². The van der Waals surface area contributed by atoms with Crippen LogP contribution in [0, 0.1) is 0 Å². The van der Waals surface area contributed by atoms with Gasteiger partial charge in [-0.15, -0.1) is 0 Å². The SMILES string of the molecule is CC1CNC(=O)[C@H](Cc2cnc[nH]2)O1. The second-order valence-corrected chi connectivity index (χ2v) is 3.46. The van der Waals surface area contributed by atoms with Crippen LogP contribution in [0.2, 0.25) is 0 Å². The van der Waals surface area contributed by atoms with Crippen molar-refractivity contribution in [2.45, 2.75) is 25.6 Å². The number of nitrogens with one attached hydrogen (secondary N) is 2. The minimum atomic E-state index is -0.390. The van der Waals surface area contributed by atoms with E-state index in [1.807, 2.05) is 6.92 Å². The summed E-state index contributed by atoms with van der Waals surface area (Å²) in [6.45, 7) is 2.54. The van der Waals surface area contributed by atoms with Gasteiger partial charge in [0.15, 0.2) is 0 Å². The van der Waals surface area contributed by atoms with Gasteiger partial charge in [-0.3, -0.25) is 4.79 Å². The summed E-state index contributed by atoms with van der Waals surface area (Å²) in [5, 5.41) is 2.80. The highest BCUT2D eigenvalue weighted by Crippen LogP contribution is 2.09. The van der Waals surface area contributed by atoms with Gasteiger partial charge >= 0.3 is 0 Å².